The summed E-state index contributed by atoms with van der Waals surface area (Å²) < 4.78 is 11.2. The molecule has 2 fully saturated rings. The average molecular weight is 375 g/mol. The second kappa shape index (κ2) is 9.67. The van der Waals surface area contributed by atoms with Gasteiger partial charge in [-0.1, -0.05) is 31.4 Å². The molecule has 27 heavy (non-hydrogen) atoms. The van der Waals surface area contributed by atoms with Crippen LogP contribution in [0.3, 0.4) is 0 Å². The molecular weight excluding hydrogens is 340 g/mol. The predicted octanol–water partition coefficient (Wildman–Crippen LogP) is 3.38. The van der Waals surface area contributed by atoms with E-state index in [1.54, 1.807) is 0 Å². The van der Waals surface area contributed by atoms with E-state index in [0.717, 1.165) is 44.0 Å². The molecule has 0 aromatic heterocycles. The Balaban J connectivity index is 1.58. The van der Waals surface area contributed by atoms with Crippen LogP contribution in [0.2, 0.25) is 0 Å². The van der Waals surface area contributed by atoms with E-state index in [4.69, 9.17) is 9.47 Å². The number of ether oxygens (including phenoxy) is 2. The molecule has 5 heteroatoms. The third kappa shape index (κ3) is 5.53. The number of hydrogen-bond acceptors (Lipinski definition) is 4. The van der Waals surface area contributed by atoms with Crippen molar-refractivity contribution in [3.8, 4) is 0 Å². The summed E-state index contributed by atoms with van der Waals surface area (Å²) in [7, 11) is 0. The molecule has 2 aliphatic rings. The van der Waals surface area contributed by atoms with E-state index in [1.165, 1.54) is 32.1 Å². The van der Waals surface area contributed by atoms with Crippen LogP contribution in [0.1, 0.15) is 61.9 Å². The summed E-state index contributed by atoms with van der Waals surface area (Å²) in [6, 6.07) is 7.76. The van der Waals surface area contributed by atoms with Crippen LogP contribution in [0.4, 0.5) is 0 Å². The van der Waals surface area contributed by atoms with Crippen LogP contribution in [0.5, 0.6) is 0 Å². The lowest BCUT2D eigenvalue weighted by atomic mass is 9.79. The molecule has 1 N–H and O–H groups in total. The summed E-state index contributed by atoms with van der Waals surface area (Å²) in [6.45, 7) is 8.91. The van der Waals surface area contributed by atoms with Gasteiger partial charge in [0, 0.05) is 30.7 Å². The Kier molecular flexibility index (Phi) is 7.27. The quantitative estimate of drug-likeness (QED) is 0.795. The number of amides is 1. The Hall–Kier alpha value is -1.43. The predicted molar refractivity (Wildman–Crippen MR) is 107 cm³/mol. The van der Waals surface area contributed by atoms with E-state index in [-0.39, 0.29) is 17.6 Å². The summed E-state index contributed by atoms with van der Waals surface area (Å²) in [5, 5.41) is 3.22. The lowest BCUT2D eigenvalue weighted by molar-refractivity contribution is -0.0361. The van der Waals surface area contributed by atoms with Crippen LogP contribution < -0.4 is 5.32 Å². The zero-order chi connectivity index (χ0) is 19.1. The molecule has 0 radical (unpaired) electrons. The first-order valence-corrected chi connectivity index (χ1v) is 10.4. The normalized spacial score (nSPS) is 20.6. The van der Waals surface area contributed by atoms with Crippen molar-refractivity contribution in [2.45, 2.75) is 64.2 Å². The Morgan fingerprint density at radius 1 is 1.15 bits per heavy atom. The van der Waals surface area contributed by atoms with Crippen LogP contribution in [-0.2, 0) is 16.1 Å². The first-order chi connectivity index (χ1) is 13.1. The summed E-state index contributed by atoms with van der Waals surface area (Å²) in [6.07, 6.45) is 6.34. The minimum Gasteiger partial charge on any atom is -0.379 e. The summed E-state index contributed by atoms with van der Waals surface area (Å²) >= 11 is 0. The van der Waals surface area contributed by atoms with Gasteiger partial charge in [0.1, 0.15) is 0 Å². The van der Waals surface area contributed by atoms with Gasteiger partial charge in [-0.05, 0) is 44.4 Å². The molecule has 0 bridgehead atoms. The lowest BCUT2D eigenvalue weighted by Crippen LogP contribution is -2.59. The minimum atomic E-state index is 0.0181. The van der Waals surface area contributed by atoms with E-state index >= 15 is 0 Å². The monoisotopic (exact) mass is 374 g/mol. The Morgan fingerprint density at radius 3 is 2.44 bits per heavy atom. The smallest absolute Gasteiger partial charge is 0.251 e. The zero-order valence-corrected chi connectivity index (χ0v) is 16.8. The van der Waals surface area contributed by atoms with Gasteiger partial charge in [-0.2, -0.15) is 0 Å². The van der Waals surface area contributed by atoms with Gasteiger partial charge in [-0.3, -0.25) is 9.69 Å². The van der Waals surface area contributed by atoms with E-state index in [9.17, 15) is 4.79 Å². The van der Waals surface area contributed by atoms with Crippen molar-refractivity contribution in [3.63, 3.8) is 0 Å². The molecule has 1 aliphatic carbocycles. The number of hydrogen-bond donors (Lipinski definition) is 1. The fourth-order valence-electron chi connectivity index (χ4n) is 4.21. The van der Waals surface area contributed by atoms with Crippen LogP contribution in [-0.4, -0.2) is 55.3 Å². The summed E-state index contributed by atoms with van der Waals surface area (Å²) in [5.74, 6) is 0.0181. The van der Waals surface area contributed by atoms with Crippen molar-refractivity contribution in [3.05, 3.63) is 35.4 Å². The molecule has 0 unspecified atom stereocenters. The van der Waals surface area contributed by atoms with E-state index in [2.05, 4.69) is 10.2 Å². The van der Waals surface area contributed by atoms with Crippen molar-refractivity contribution in [2.24, 2.45) is 0 Å². The van der Waals surface area contributed by atoms with Crippen LogP contribution >= 0.6 is 0 Å². The molecular formula is C22H34N2O3. The maximum atomic E-state index is 12.7. The first-order valence-electron chi connectivity index (χ1n) is 10.4. The van der Waals surface area contributed by atoms with Gasteiger partial charge in [0.2, 0.25) is 0 Å². The molecule has 1 saturated heterocycles. The van der Waals surface area contributed by atoms with Crippen molar-refractivity contribution < 1.29 is 14.3 Å². The van der Waals surface area contributed by atoms with Crippen molar-refractivity contribution in [1.82, 2.24) is 10.2 Å². The largest absolute Gasteiger partial charge is 0.379 e. The SMILES string of the molecule is CC(C)OCc1ccc(C(=O)NCC2(N3CCOCC3)CCCCC2)cc1. The number of carbonyl (C=O) groups is 1. The zero-order valence-electron chi connectivity index (χ0n) is 16.8. The van der Waals surface area contributed by atoms with Gasteiger partial charge in [0.15, 0.2) is 0 Å². The number of nitrogens with one attached hydrogen (secondary N) is 1. The van der Waals surface area contributed by atoms with Gasteiger partial charge >= 0.3 is 0 Å². The van der Waals surface area contributed by atoms with Crippen LogP contribution in [0, 0.1) is 0 Å². The van der Waals surface area contributed by atoms with Crippen molar-refractivity contribution in [2.75, 3.05) is 32.8 Å². The molecule has 1 heterocycles. The number of nitrogens with zero attached hydrogens (tertiary/aromatic N) is 1. The van der Waals surface area contributed by atoms with E-state index in [1.807, 2.05) is 38.1 Å². The van der Waals surface area contributed by atoms with Gasteiger partial charge in [-0.25, -0.2) is 0 Å². The van der Waals surface area contributed by atoms with Gasteiger partial charge in [0.05, 0.1) is 25.9 Å². The van der Waals surface area contributed by atoms with Gasteiger partial charge in [0.25, 0.3) is 5.91 Å². The molecule has 3 rings (SSSR count). The van der Waals surface area contributed by atoms with Gasteiger partial charge in [-0.15, -0.1) is 0 Å². The lowest BCUT2D eigenvalue weighted by Gasteiger charge is -2.48. The molecule has 5 nitrogen and oxygen atoms in total. The molecule has 0 atom stereocenters. The highest BCUT2D eigenvalue weighted by molar-refractivity contribution is 5.94. The number of rotatable bonds is 7. The highest BCUT2D eigenvalue weighted by atomic mass is 16.5. The Labute approximate surface area is 163 Å². The number of morpholine rings is 1. The standard InChI is InChI=1S/C22H34N2O3/c1-18(2)27-16-19-6-8-20(9-7-19)21(25)23-17-22(10-4-3-5-11-22)24-12-14-26-15-13-24/h6-9,18H,3-5,10-17H2,1-2H3,(H,23,25). The maximum absolute atomic E-state index is 12.7. The average Bonchev–Trinajstić information content (AvgIpc) is 2.72. The molecule has 1 amide bonds. The topological polar surface area (TPSA) is 50.8 Å². The highest BCUT2D eigenvalue weighted by Gasteiger charge is 2.38. The summed E-state index contributed by atoms with van der Waals surface area (Å²) in [5.41, 5.74) is 1.91. The maximum Gasteiger partial charge on any atom is 0.251 e. The van der Waals surface area contributed by atoms with Crippen molar-refractivity contribution in [1.29, 1.82) is 0 Å². The first kappa shape index (κ1) is 20.3. The molecule has 1 aromatic carbocycles. The molecule has 1 aliphatic heterocycles. The molecule has 1 aromatic rings. The highest BCUT2D eigenvalue weighted by Crippen LogP contribution is 2.34. The van der Waals surface area contributed by atoms with E-state index < -0.39 is 0 Å². The van der Waals surface area contributed by atoms with Crippen LogP contribution in [0.25, 0.3) is 0 Å². The fraction of sp³-hybridized carbons (Fsp3) is 0.682. The van der Waals surface area contributed by atoms with E-state index in [0.29, 0.717) is 6.61 Å². The Bertz CT molecular complexity index is 588. The van der Waals surface area contributed by atoms with Crippen molar-refractivity contribution >= 4 is 5.91 Å². The third-order valence-electron chi connectivity index (χ3n) is 5.84. The fourth-order valence-corrected chi connectivity index (χ4v) is 4.21. The minimum absolute atomic E-state index is 0.0181. The van der Waals surface area contributed by atoms with Gasteiger partial charge < -0.3 is 14.8 Å². The van der Waals surface area contributed by atoms with Crippen LogP contribution in [0.15, 0.2) is 24.3 Å². The number of benzene rings is 1. The molecule has 150 valence electrons. The second-order valence-electron chi connectivity index (χ2n) is 8.12. The number of carbonyl (C=O) groups excluding carboxylic acids is 1. The summed E-state index contributed by atoms with van der Waals surface area (Å²) in [4.78, 5) is 15.3. The third-order valence-corrected chi connectivity index (χ3v) is 5.84. The molecule has 1 saturated carbocycles. The Morgan fingerprint density at radius 2 is 1.81 bits per heavy atom. The molecule has 0 spiro atoms. The second-order valence-corrected chi connectivity index (χ2v) is 8.12.